The quantitative estimate of drug-likeness (QED) is 0.773. The normalized spacial score (nSPS) is 23.3. The Morgan fingerprint density at radius 3 is 2.80 bits per heavy atom. The van der Waals surface area contributed by atoms with E-state index in [4.69, 9.17) is 0 Å². The van der Waals surface area contributed by atoms with E-state index in [0.717, 1.165) is 6.92 Å². The molecule has 1 unspecified atom stereocenters. The van der Waals surface area contributed by atoms with E-state index in [2.05, 4.69) is 5.32 Å². The molecule has 1 heterocycles. The molecule has 0 bridgehead atoms. The van der Waals surface area contributed by atoms with E-state index in [1.807, 2.05) is 6.92 Å². The molecule has 1 atom stereocenters. The van der Waals surface area contributed by atoms with Gasteiger partial charge in [-0.25, -0.2) is 8.78 Å². The van der Waals surface area contributed by atoms with Crippen molar-refractivity contribution >= 4 is 5.91 Å². The number of amides is 1. The SMILES string of the molecule is CCN1CCNC(CCC(C)(F)F)C1=O. The third-order valence-electron chi connectivity index (χ3n) is 2.64. The molecule has 1 rings (SSSR count). The molecule has 0 spiro atoms. The summed E-state index contributed by atoms with van der Waals surface area (Å²) in [5.41, 5.74) is 0. The number of hydrogen-bond acceptors (Lipinski definition) is 2. The number of piperazine rings is 1. The number of halogens is 2. The van der Waals surface area contributed by atoms with E-state index >= 15 is 0 Å². The van der Waals surface area contributed by atoms with Crippen LogP contribution in [-0.2, 0) is 4.79 Å². The highest BCUT2D eigenvalue weighted by atomic mass is 19.3. The molecule has 0 radical (unpaired) electrons. The Kier molecular flexibility index (Phi) is 4.02. The van der Waals surface area contributed by atoms with Crippen molar-refractivity contribution in [1.82, 2.24) is 10.2 Å². The van der Waals surface area contributed by atoms with Crippen LogP contribution in [0.5, 0.6) is 0 Å². The summed E-state index contributed by atoms with van der Waals surface area (Å²) in [6.07, 6.45) is -0.0349. The van der Waals surface area contributed by atoms with E-state index in [1.54, 1.807) is 4.90 Å². The van der Waals surface area contributed by atoms with Gasteiger partial charge in [0.25, 0.3) is 0 Å². The summed E-state index contributed by atoms with van der Waals surface area (Å²) in [5, 5.41) is 2.98. The molecule has 1 aliphatic heterocycles. The number of alkyl halides is 2. The summed E-state index contributed by atoms with van der Waals surface area (Å²) in [6, 6.07) is -0.426. The molecule has 15 heavy (non-hydrogen) atoms. The molecule has 1 amide bonds. The van der Waals surface area contributed by atoms with E-state index in [9.17, 15) is 13.6 Å². The van der Waals surface area contributed by atoms with E-state index in [-0.39, 0.29) is 18.7 Å². The van der Waals surface area contributed by atoms with Gasteiger partial charge in [-0.3, -0.25) is 4.79 Å². The minimum atomic E-state index is -2.68. The molecule has 0 saturated carbocycles. The standard InChI is InChI=1S/C10H18F2N2O/c1-3-14-7-6-13-8(9(14)15)4-5-10(2,11)12/h8,13H,3-7H2,1-2H3. The highest BCUT2D eigenvalue weighted by Crippen LogP contribution is 2.20. The van der Waals surface area contributed by atoms with Crippen LogP contribution in [0, 0.1) is 0 Å². The molecule has 0 aromatic heterocycles. The van der Waals surface area contributed by atoms with E-state index in [1.165, 1.54) is 0 Å². The minimum absolute atomic E-state index is 0.0481. The Morgan fingerprint density at radius 2 is 2.27 bits per heavy atom. The van der Waals surface area contributed by atoms with Crippen LogP contribution in [-0.4, -0.2) is 42.4 Å². The number of rotatable bonds is 4. The second-order valence-electron chi connectivity index (χ2n) is 4.03. The van der Waals surface area contributed by atoms with Crippen LogP contribution in [0.15, 0.2) is 0 Å². The highest BCUT2D eigenvalue weighted by Gasteiger charge is 2.30. The van der Waals surface area contributed by atoms with Gasteiger partial charge in [-0.05, 0) is 20.3 Å². The number of nitrogens with zero attached hydrogens (tertiary/aromatic N) is 1. The Balaban J connectivity index is 2.44. The highest BCUT2D eigenvalue weighted by molar-refractivity contribution is 5.82. The first kappa shape index (κ1) is 12.4. The first-order valence-electron chi connectivity index (χ1n) is 5.34. The largest absolute Gasteiger partial charge is 0.340 e. The van der Waals surface area contributed by atoms with Crippen molar-refractivity contribution in [3.05, 3.63) is 0 Å². The van der Waals surface area contributed by atoms with Crippen molar-refractivity contribution in [3.63, 3.8) is 0 Å². The molecule has 0 aromatic carbocycles. The Hall–Kier alpha value is -0.710. The molecule has 5 heteroatoms. The average Bonchev–Trinajstić information content (AvgIpc) is 2.15. The van der Waals surface area contributed by atoms with Gasteiger partial charge >= 0.3 is 0 Å². The number of carbonyl (C=O) groups is 1. The molecule has 0 aromatic rings. The van der Waals surface area contributed by atoms with Crippen molar-refractivity contribution < 1.29 is 13.6 Å². The van der Waals surface area contributed by atoms with Crippen molar-refractivity contribution in [2.24, 2.45) is 0 Å². The summed E-state index contributed by atoms with van der Waals surface area (Å²) in [4.78, 5) is 13.4. The molecule has 88 valence electrons. The average molecular weight is 220 g/mol. The first-order chi connectivity index (χ1) is 6.94. The van der Waals surface area contributed by atoms with Gasteiger partial charge in [-0.15, -0.1) is 0 Å². The number of hydrogen-bond donors (Lipinski definition) is 1. The molecular weight excluding hydrogens is 202 g/mol. The Bertz CT molecular complexity index is 228. The lowest BCUT2D eigenvalue weighted by Gasteiger charge is -2.32. The number of likely N-dealkylation sites (N-methyl/N-ethyl adjacent to an activating group) is 1. The zero-order chi connectivity index (χ0) is 11.5. The maximum Gasteiger partial charge on any atom is 0.245 e. The molecule has 1 N–H and O–H groups in total. The summed E-state index contributed by atoms with van der Waals surface area (Å²) >= 11 is 0. The zero-order valence-corrected chi connectivity index (χ0v) is 9.22. The van der Waals surface area contributed by atoms with Crippen LogP contribution in [0.3, 0.4) is 0 Å². The fourth-order valence-corrected chi connectivity index (χ4v) is 1.73. The fraction of sp³-hybridized carbons (Fsp3) is 0.900. The summed E-state index contributed by atoms with van der Waals surface area (Å²) in [5.74, 6) is -2.73. The minimum Gasteiger partial charge on any atom is -0.340 e. The summed E-state index contributed by atoms with van der Waals surface area (Å²) in [7, 11) is 0. The smallest absolute Gasteiger partial charge is 0.245 e. The van der Waals surface area contributed by atoms with Crippen molar-refractivity contribution in [2.45, 2.75) is 38.7 Å². The van der Waals surface area contributed by atoms with Gasteiger partial charge in [-0.2, -0.15) is 0 Å². The first-order valence-corrected chi connectivity index (χ1v) is 5.34. The third-order valence-corrected chi connectivity index (χ3v) is 2.64. The molecule has 3 nitrogen and oxygen atoms in total. The van der Waals surface area contributed by atoms with Crippen LogP contribution >= 0.6 is 0 Å². The maximum atomic E-state index is 12.6. The van der Waals surface area contributed by atoms with Crippen LogP contribution in [0.25, 0.3) is 0 Å². The van der Waals surface area contributed by atoms with Gasteiger partial charge in [0.15, 0.2) is 0 Å². The van der Waals surface area contributed by atoms with Gasteiger partial charge in [0.05, 0.1) is 6.04 Å². The van der Waals surface area contributed by atoms with Gasteiger partial charge in [0.2, 0.25) is 11.8 Å². The zero-order valence-electron chi connectivity index (χ0n) is 9.22. The van der Waals surface area contributed by atoms with Crippen molar-refractivity contribution in [2.75, 3.05) is 19.6 Å². The van der Waals surface area contributed by atoms with Gasteiger partial charge in [0.1, 0.15) is 0 Å². The van der Waals surface area contributed by atoms with Crippen molar-refractivity contribution in [3.8, 4) is 0 Å². The molecule has 0 aliphatic carbocycles. The van der Waals surface area contributed by atoms with Crippen LogP contribution in [0.2, 0.25) is 0 Å². The van der Waals surface area contributed by atoms with Gasteiger partial charge in [0, 0.05) is 26.1 Å². The van der Waals surface area contributed by atoms with Gasteiger partial charge in [-0.1, -0.05) is 0 Å². The number of nitrogens with one attached hydrogen (secondary N) is 1. The Morgan fingerprint density at radius 1 is 1.60 bits per heavy atom. The summed E-state index contributed by atoms with van der Waals surface area (Å²) in [6.45, 7) is 4.81. The van der Waals surface area contributed by atoms with Crippen LogP contribution < -0.4 is 5.32 Å². The lowest BCUT2D eigenvalue weighted by Crippen LogP contribution is -2.55. The monoisotopic (exact) mass is 220 g/mol. The Labute approximate surface area is 88.8 Å². The number of carbonyl (C=O) groups excluding carboxylic acids is 1. The summed E-state index contributed by atoms with van der Waals surface area (Å²) < 4.78 is 25.3. The van der Waals surface area contributed by atoms with Crippen LogP contribution in [0.1, 0.15) is 26.7 Å². The second-order valence-corrected chi connectivity index (χ2v) is 4.03. The lowest BCUT2D eigenvalue weighted by atomic mass is 10.1. The third kappa shape index (κ3) is 3.74. The van der Waals surface area contributed by atoms with Gasteiger partial charge < -0.3 is 10.2 Å². The molecule has 1 fully saturated rings. The maximum absolute atomic E-state index is 12.6. The van der Waals surface area contributed by atoms with Crippen molar-refractivity contribution in [1.29, 1.82) is 0 Å². The topological polar surface area (TPSA) is 32.3 Å². The second kappa shape index (κ2) is 4.88. The van der Waals surface area contributed by atoms with E-state index < -0.39 is 12.0 Å². The van der Waals surface area contributed by atoms with Crippen LogP contribution in [0.4, 0.5) is 8.78 Å². The van der Waals surface area contributed by atoms with E-state index in [0.29, 0.717) is 19.6 Å². The predicted octanol–water partition coefficient (Wildman–Crippen LogP) is 1.24. The molecule has 1 aliphatic rings. The lowest BCUT2D eigenvalue weighted by molar-refractivity contribution is -0.136. The predicted molar refractivity (Wildman–Crippen MR) is 53.9 cm³/mol. The fourth-order valence-electron chi connectivity index (χ4n) is 1.73. The molecule has 1 saturated heterocycles. The molecular formula is C10H18F2N2O.